The van der Waals surface area contributed by atoms with Crippen molar-refractivity contribution in [3.8, 4) is 0 Å². The van der Waals surface area contributed by atoms with Gasteiger partial charge in [-0.15, -0.1) is 0 Å². The van der Waals surface area contributed by atoms with Gasteiger partial charge in [-0.25, -0.2) is 4.39 Å². The summed E-state index contributed by atoms with van der Waals surface area (Å²) in [4.78, 5) is 25.2. The Hall–Kier alpha value is -2.21. The lowest BCUT2D eigenvalue weighted by Crippen LogP contribution is -2.43. The number of carbonyl (C=O) groups excluding carboxylic acids is 2. The fourth-order valence-electron chi connectivity index (χ4n) is 3.81. The monoisotopic (exact) mass is 446 g/mol. The number of rotatable bonds is 6. The van der Waals surface area contributed by atoms with Crippen molar-refractivity contribution in [2.75, 3.05) is 11.9 Å². The van der Waals surface area contributed by atoms with Gasteiger partial charge in [-0.2, -0.15) is 0 Å². The first-order chi connectivity index (χ1) is 13.4. The number of amides is 2. The molecule has 2 amide bonds. The molecular formula is C22H24BrFN2O2. The second-order valence-electron chi connectivity index (χ2n) is 7.31. The van der Waals surface area contributed by atoms with E-state index in [9.17, 15) is 14.0 Å². The van der Waals surface area contributed by atoms with E-state index in [2.05, 4.69) is 26.6 Å². The van der Waals surface area contributed by atoms with Crippen molar-refractivity contribution < 1.29 is 14.0 Å². The minimum Gasteiger partial charge on any atom is -0.355 e. The molecule has 0 bridgehead atoms. The fraction of sp³-hybridized carbons (Fsp3) is 0.364. The van der Waals surface area contributed by atoms with Gasteiger partial charge >= 0.3 is 0 Å². The summed E-state index contributed by atoms with van der Waals surface area (Å²) in [7, 11) is 0. The molecule has 2 N–H and O–H groups in total. The quantitative estimate of drug-likeness (QED) is 0.665. The Bertz CT molecular complexity index is 879. The Kier molecular flexibility index (Phi) is 6.50. The van der Waals surface area contributed by atoms with Gasteiger partial charge in [0.1, 0.15) is 5.82 Å². The topological polar surface area (TPSA) is 58.2 Å². The summed E-state index contributed by atoms with van der Waals surface area (Å²) in [6, 6.07) is 12.0. The molecule has 0 radical (unpaired) electrons. The minimum atomic E-state index is -0.695. The molecule has 0 heterocycles. The number of halogens is 2. The van der Waals surface area contributed by atoms with Crippen molar-refractivity contribution in [3.63, 3.8) is 0 Å². The van der Waals surface area contributed by atoms with Gasteiger partial charge in [-0.3, -0.25) is 9.59 Å². The minimum absolute atomic E-state index is 0.123. The summed E-state index contributed by atoms with van der Waals surface area (Å²) in [5.74, 6) is -0.616. The summed E-state index contributed by atoms with van der Waals surface area (Å²) >= 11 is 3.39. The van der Waals surface area contributed by atoms with Crippen LogP contribution in [0.3, 0.4) is 0 Å². The van der Waals surface area contributed by atoms with Crippen molar-refractivity contribution in [2.24, 2.45) is 0 Å². The molecule has 1 fully saturated rings. The van der Waals surface area contributed by atoms with Crippen LogP contribution in [0.25, 0.3) is 0 Å². The summed E-state index contributed by atoms with van der Waals surface area (Å²) in [6.07, 6.45) is 3.45. The van der Waals surface area contributed by atoms with Gasteiger partial charge < -0.3 is 10.6 Å². The van der Waals surface area contributed by atoms with Gasteiger partial charge in [0.05, 0.1) is 5.41 Å². The van der Waals surface area contributed by atoms with E-state index in [1.54, 1.807) is 6.07 Å². The van der Waals surface area contributed by atoms with E-state index >= 15 is 0 Å². The normalized spacial score (nSPS) is 15.2. The third kappa shape index (κ3) is 4.61. The lowest BCUT2D eigenvalue weighted by molar-refractivity contribution is -0.126. The van der Waals surface area contributed by atoms with E-state index in [1.807, 2.05) is 31.2 Å². The van der Waals surface area contributed by atoms with Gasteiger partial charge in [-0.05, 0) is 55.2 Å². The number of nitrogens with one attached hydrogen (secondary N) is 2. The zero-order valence-corrected chi connectivity index (χ0v) is 17.4. The Morgan fingerprint density at radius 1 is 1.14 bits per heavy atom. The first kappa shape index (κ1) is 20.5. The Morgan fingerprint density at radius 2 is 1.89 bits per heavy atom. The fourth-order valence-corrected chi connectivity index (χ4v) is 4.17. The Balaban J connectivity index is 1.59. The predicted molar refractivity (Wildman–Crippen MR) is 112 cm³/mol. The van der Waals surface area contributed by atoms with Crippen LogP contribution in [0.5, 0.6) is 0 Å². The molecule has 1 saturated carbocycles. The third-order valence-corrected chi connectivity index (χ3v) is 5.87. The molecule has 28 heavy (non-hydrogen) atoms. The van der Waals surface area contributed by atoms with Crippen LogP contribution < -0.4 is 10.6 Å². The molecule has 3 rings (SSSR count). The van der Waals surface area contributed by atoms with Crippen molar-refractivity contribution in [2.45, 2.75) is 44.4 Å². The number of carbonyl (C=O) groups is 2. The smallest absolute Gasteiger partial charge is 0.230 e. The highest BCUT2D eigenvalue weighted by molar-refractivity contribution is 9.10. The van der Waals surface area contributed by atoms with Crippen LogP contribution in [0.4, 0.5) is 10.1 Å². The third-order valence-electron chi connectivity index (χ3n) is 5.38. The summed E-state index contributed by atoms with van der Waals surface area (Å²) in [5.41, 5.74) is 1.74. The lowest BCUT2D eigenvalue weighted by atomic mass is 9.78. The van der Waals surface area contributed by atoms with Crippen LogP contribution in [0.15, 0.2) is 46.9 Å². The zero-order valence-electron chi connectivity index (χ0n) is 15.9. The largest absolute Gasteiger partial charge is 0.355 e. The van der Waals surface area contributed by atoms with Gasteiger partial charge in [0.2, 0.25) is 11.8 Å². The molecule has 4 nitrogen and oxygen atoms in total. The second kappa shape index (κ2) is 8.86. The molecule has 0 aliphatic heterocycles. The number of hydrogen-bond acceptors (Lipinski definition) is 2. The SMILES string of the molecule is Cc1ccc(Br)cc1NC(=O)CCNC(=O)C1(c2cccc(F)c2)CCCC1. The van der Waals surface area contributed by atoms with Crippen LogP contribution in [0.2, 0.25) is 0 Å². The van der Waals surface area contributed by atoms with E-state index in [-0.39, 0.29) is 30.6 Å². The molecule has 2 aromatic rings. The molecule has 148 valence electrons. The molecule has 0 aromatic heterocycles. The zero-order chi connectivity index (χ0) is 20.1. The summed E-state index contributed by atoms with van der Waals surface area (Å²) in [5, 5.41) is 5.77. The maximum Gasteiger partial charge on any atom is 0.230 e. The van der Waals surface area contributed by atoms with Crippen molar-refractivity contribution in [1.82, 2.24) is 5.32 Å². The number of benzene rings is 2. The van der Waals surface area contributed by atoms with Gasteiger partial charge in [0.15, 0.2) is 0 Å². The van der Waals surface area contributed by atoms with Crippen LogP contribution >= 0.6 is 15.9 Å². The molecule has 0 unspecified atom stereocenters. The number of anilines is 1. The average Bonchev–Trinajstić information content (AvgIpc) is 3.16. The highest BCUT2D eigenvalue weighted by Gasteiger charge is 2.42. The van der Waals surface area contributed by atoms with Crippen LogP contribution in [-0.4, -0.2) is 18.4 Å². The van der Waals surface area contributed by atoms with E-state index in [4.69, 9.17) is 0 Å². The van der Waals surface area contributed by atoms with Gasteiger partial charge in [-0.1, -0.05) is 47.0 Å². The number of hydrogen-bond donors (Lipinski definition) is 2. The molecule has 6 heteroatoms. The molecule has 0 saturated heterocycles. The van der Waals surface area contributed by atoms with Crippen molar-refractivity contribution in [3.05, 3.63) is 63.9 Å². The molecule has 1 aliphatic carbocycles. The highest BCUT2D eigenvalue weighted by Crippen LogP contribution is 2.41. The van der Waals surface area contributed by atoms with Crippen molar-refractivity contribution in [1.29, 1.82) is 0 Å². The van der Waals surface area contributed by atoms with E-state index < -0.39 is 5.41 Å². The van der Waals surface area contributed by atoms with E-state index in [0.29, 0.717) is 12.8 Å². The number of aryl methyl sites for hydroxylation is 1. The highest BCUT2D eigenvalue weighted by atomic mass is 79.9. The molecule has 2 aromatic carbocycles. The molecule has 0 spiro atoms. The Labute approximate surface area is 173 Å². The second-order valence-corrected chi connectivity index (χ2v) is 8.23. The maximum absolute atomic E-state index is 13.7. The summed E-state index contributed by atoms with van der Waals surface area (Å²) < 4.78 is 14.6. The van der Waals surface area contributed by atoms with Gasteiger partial charge in [0.25, 0.3) is 0 Å². The van der Waals surface area contributed by atoms with Gasteiger partial charge in [0, 0.05) is 23.1 Å². The predicted octanol–water partition coefficient (Wildman–Crippen LogP) is 4.85. The molecule has 1 aliphatic rings. The average molecular weight is 447 g/mol. The van der Waals surface area contributed by atoms with Crippen LogP contribution in [-0.2, 0) is 15.0 Å². The first-order valence-electron chi connectivity index (χ1n) is 9.51. The maximum atomic E-state index is 13.7. The van der Waals surface area contributed by atoms with E-state index in [0.717, 1.165) is 34.1 Å². The lowest BCUT2D eigenvalue weighted by Gasteiger charge is -2.28. The van der Waals surface area contributed by atoms with Crippen LogP contribution in [0.1, 0.15) is 43.2 Å². The molecule has 0 atom stereocenters. The van der Waals surface area contributed by atoms with Crippen LogP contribution in [0, 0.1) is 12.7 Å². The standard InChI is InChI=1S/C22H24BrFN2O2/c1-15-7-8-17(23)14-19(15)26-20(27)9-12-25-21(28)22(10-2-3-11-22)16-5-4-6-18(24)13-16/h4-8,13-14H,2-3,9-12H2,1H3,(H,25,28)(H,26,27). The first-order valence-corrected chi connectivity index (χ1v) is 10.3. The van der Waals surface area contributed by atoms with E-state index in [1.165, 1.54) is 12.1 Å². The Morgan fingerprint density at radius 3 is 2.61 bits per heavy atom. The molecular weight excluding hydrogens is 423 g/mol. The summed E-state index contributed by atoms with van der Waals surface area (Å²) in [6.45, 7) is 2.17. The van der Waals surface area contributed by atoms with Crippen molar-refractivity contribution >= 4 is 33.4 Å².